The summed E-state index contributed by atoms with van der Waals surface area (Å²) in [7, 11) is 1.67. The topological polar surface area (TPSA) is 97.1 Å². The summed E-state index contributed by atoms with van der Waals surface area (Å²) < 4.78 is 20.2. The lowest BCUT2D eigenvalue weighted by atomic mass is 9.97. The summed E-state index contributed by atoms with van der Waals surface area (Å²) in [6.45, 7) is 3.24. The Balaban J connectivity index is 1.47. The molecule has 1 unspecified atom stereocenters. The van der Waals surface area contributed by atoms with Gasteiger partial charge in [0.1, 0.15) is 18.6 Å². The fourth-order valence-corrected chi connectivity index (χ4v) is 6.07. The first-order valence-electron chi connectivity index (χ1n) is 15.3. The lowest BCUT2D eigenvalue weighted by molar-refractivity contribution is 0.0167. The minimum absolute atomic E-state index is 0.0902. The van der Waals surface area contributed by atoms with Crippen molar-refractivity contribution in [1.29, 1.82) is 0 Å². The molecule has 2 aromatic carbocycles. The molecule has 0 radical (unpaired) electrons. The average molecular weight is 584 g/mol. The Labute approximate surface area is 253 Å². The van der Waals surface area contributed by atoms with E-state index in [1.165, 1.54) is 0 Å². The normalized spacial score (nSPS) is 24.6. The van der Waals surface area contributed by atoms with E-state index in [0.717, 1.165) is 58.1 Å². The van der Waals surface area contributed by atoms with Gasteiger partial charge in [-0.15, -0.1) is 0 Å². The third-order valence-electron chi connectivity index (χ3n) is 8.51. The van der Waals surface area contributed by atoms with Crippen LogP contribution in [-0.2, 0) is 22.5 Å². The van der Waals surface area contributed by atoms with Crippen LogP contribution in [0.15, 0.2) is 66.0 Å². The summed E-state index contributed by atoms with van der Waals surface area (Å²) >= 11 is 0. The van der Waals surface area contributed by atoms with Crippen LogP contribution < -0.4 is 15.4 Å². The van der Waals surface area contributed by atoms with E-state index in [4.69, 9.17) is 14.2 Å². The highest BCUT2D eigenvalue weighted by atomic mass is 16.5. The van der Waals surface area contributed by atoms with Gasteiger partial charge in [0.2, 0.25) is 0 Å². The van der Waals surface area contributed by atoms with E-state index < -0.39 is 6.10 Å². The zero-order valence-corrected chi connectivity index (χ0v) is 24.9. The van der Waals surface area contributed by atoms with Crippen LogP contribution in [0.25, 0.3) is 16.6 Å². The maximum absolute atomic E-state index is 11.1. The molecule has 4 atom stereocenters. The first kappa shape index (κ1) is 29.3. The first-order chi connectivity index (χ1) is 21.0. The third kappa shape index (κ3) is 6.92. The number of methoxy groups -OCH3 is 1. The number of hydrogen-bond donors (Lipinski definition) is 4. The molecule has 226 valence electrons. The van der Waals surface area contributed by atoms with Crippen LogP contribution in [0.3, 0.4) is 0 Å². The summed E-state index contributed by atoms with van der Waals surface area (Å²) in [6, 6.07) is 11.6. The molecule has 6 bridgehead atoms. The van der Waals surface area contributed by atoms with Gasteiger partial charge < -0.3 is 34.3 Å². The van der Waals surface area contributed by atoms with Crippen molar-refractivity contribution in [2.45, 2.75) is 70.4 Å². The molecule has 4 heterocycles. The van der Waals surface area contributed by atoms with Gasteiger partial charge in [-0.3, -0.25) is 5.32 Å². The number of nitrogens with one attached hydrogen (secondary N) is 2. The highest BCUT2D eigenvalue weighted by Gasteiger charge is 2.25. The van der Waals surface area contributed by atoms with Crippen molar-refractivity contribution in [3.05, 3.63) is 77.1 Å². The fraction of sp³-hybridized carbons (Fsp3) is 0.429. The smallest absolute Gasteiger partial charge is 0.161 e. The van der Waals surface area contributed by atoms with Crippen LogP contribution in [-0.4, -0.2) is 53.6 Å². The maximum Gasteiger partial charge on any atom is 0.161 e. The van der Waals surface area contributed by atoms with Gasteiger partial charge in [0.15, 0.2) is 11.5 Å². The van der Waals surface area contributed by atoms with Gasteiger partial charge in [0, 0.05) is 47.3 Å². The van der Waals surface area contributed by atoms with Crippen LogP contribution in [0.5, 0.6) is 11.5 Å². The SMILES string of the molecule is COCNC1C=C2C#C[C@H](C)CCC[C@H]3C[C@H](O)CCc4ccc(O)c(c4)OCc4cccc5cn(cc45)C(=C2CO3)N1. The molecule has 6 rings (SSSR count). The number of aryl methyl sites for hydroxylation is 1. The zero-order valence-electron chi connectivity index (χ0n) is 24.9. The summed E-state index contributed by atoms with van der Waals surface area (Å²) in [5.74, 6) is 8.66. The lowest BCUT2D eigenvalue weighted by Crippen LogP contribution is -2.44. The summed E-state index contributed by atoms with van der Waals surface area (Å²) in [5.41, 5.74) is 3.94. The number of dihydropyridines is 1. The van der Waals surface area contributed by atoms with Crippen LogP contribution in [0.2, 0.25) is 0 Å². The molecule has 8 nitrogen and oxygen atoms in total. The molecule has 0 fully saturated rings. The molecule has 8 heteroatoms. The molecule has 43 heavy (non-hydrogen) atoms. The Kier molecular flexibility index (Phi) is 9.06. The molecule has 0 saturated heterocycles. The summed E-state index contributed by atoms with van der Waals surface area (Å²) in [4.78, 5) is 0. The van der Waals surface area contributed by atoms with Crippen LogP contribution in [0.1, 0.15) is 50.2 Å². The highest BCUT2D eigenvalue weighted by molar-refractivity contribution is 5.87. The predicted molar refractivity (Wildman–Crippen MR) is 167 cm³/mol. The van der Waals surface area contributed by atoms with E-state index in [1.807, 2.05) is 18.2 Å². The second kappa shape index (κ2) is 13.3. The molecule has 1 aromatic heterocycles. The molecule has 3 aliphatic rings. The van der Waals surface area contributed by atoms with Crippen molar-refractivity contribution in [3.8, 4) is 23.3 Å². The van der Waals surface area contributed by atoms with E-state index >= 15 is 0 Å². The van der Waals surface area contributed by atoms with E-state index in [0.29, 0.717) is 45.0 Å². The van der Waals surface area contributed by atoms with Crippen LogP contribution in [0.4, 0.5) is 0 Å². The van der Waals surface area contributed by atoms with Crippen molar-refractivity contribution >= 4 is 16.6 Å². The number of phenols is 1. The molecule has 3 aromatic rings. The van der Waals surface area contributed by atoms with Gasteiger partial charge in [0.25, 0.3) is 0 Å². The molecule has 0 aliphatic carbocycles. The Morgan fingerprint density at radius 3 is 2.93 bits per heavy atom. The third-order valence-corrected chi connectivity index (χ3v) is 8.51. The van der Waals surface area contributed by atoms with Crippen molar-refractivity contribution in [2.24, 2.45) is 5.92 Å². The largest absolute Gasteiger partial charge is 0.504 e. The number of phenolic OH excluding ortho intramolecular Hbond substituents is 1. The van der Waals surface area contributed by atoms with Gasteiger partial charge in [0.05, 0.1) is 25.5 Å². The molecular formula is C35H41N3O5. The lowest BCUT2D eigenvalue weighted by Gasteiger charge is -2.29. The number of aromatic hydroxyl groups is 1. The Bertz CT molecular complexity index is 1580. The number of aromatic nitrogens is 1. The summed E-state index contributed by atoms with van der Waals surface area (Å²) in [5, 5.41) is 30.8. The maximum atomic E-state index is 11.1. The number of aliphatic hydroxyl groups excluding tert-OH is 1. The van der Waals surface area contributed by atoms with Gasteiger partial charge in [-0.1, -0.05) is 43.0 Å². The second-order valence-electron chi connectivity index (χ2n) is 11.8. The summed E-state index contributed by atoms with van der Waals surface area (Å²) in [6.07, 6.45) is 10.2. The number of rotatable bonds is 3. The van der Waals surface area contributed by atoms with Crippen LogP contribution in [0, 0.1) is 17.8 Å². The molecule has 0 amide bonds. The standard InChI is InChI=1S/C35H41N3O5/c1-23-5-3-8-29-17-28(39)13-10-24-11-14-32(40)33(15-24)43-20-27-7-4-6-26-18-38(19-30(26)27)35-31(21-42-29)25(12-9-23)16-34(37-35)36-22-41-2/h4,6-7,11,14-16,18-19,23,28-29,34,36-37,39-40H,3,5,8,10,13,17,20-22H2,1-2H3/t23-,28-,29+,34?/m1/s1. The van der Waals surface area contributed by atoms with E-state index in [2.05, 4.69) is 64.6 Å². The number of benzene rings is 2. The first-order valence-corrected chi connectivity index (χ1v) is 15.3. The van der Waals surface area contributed by atoms with Crippen molar-refractivity contribution in [1.82, 2.24) is 15.2 Å². The van der Waals surface area contributed by atoms with Gasteiger partial charge in [-0.05, 0) is 67.9 Å². The molecule has 3 aliphatic heterocycles. The van der Waals surface area contributed by atoms with Crippen molar-refractivity contribution in [3.63, 3.8) is 0 Å². The predicted octanol–water partition coefficient (Wildman–Crippen LogP) is 5.05. The number of nitrogens with zero attached hydrogens (tertiary/aromatic N) is 1. The molecule has 0 saturated carbocycles. The van der Waals surface area contributed by atoms with E-state index in [1.54, 1.807) is 13.2 Å². The fourth-order valence-electron chi connectivity index (χ4n) is 6.07. The Hall–Kier alpha value is -3.74. The van der Waals surface area contributed by atoms with Gasteiger partial charge >= 0.3 is 0 Å². The second-order valence-corrected chi connectivity index (χ2v) is 11.8. The van der Waals surface area contributed by atoms with Gasteiger partial charge in [-0.25, -0.2) is 0 Å². The van der Waals surface area contributed by atoms with E-state index in [9.17, 15) is 10.2 Å². The van der Waals surface area contributed by atoms with Crippen molar-refractivity contribution < 1.29 is 24.4 Å². The Morgan fingerprint density at radius 1 is 1.14 bits per heavy atom. The van der Waals surface area contributed by atoms with Gasteiger partial charge in [-0.2, -0.15) is 0 Å². The number of ether oxygens (including phenoxy) is 3. The molecule has 4 N–H and O–H groups in total. The highest BCUT2D eigenvalue weighted by Crippen LogP contribution is 2.32. The quantitative estimate of drug-likeness (QED) is 0.253. The number of aliphatic hydroxyl groups is 1. The number of hydrogen-bond acceptors (Lipinski definition) is 7. The Morgan fingerprint density at radius 2 is 2.05 bits per heavy atom. The monoisotopic (exact) mass is 583 g/mol. The average Bonchev–Trinajstić information content (AvgIpc) is 3.44. The zero-order chi connectivity index (χ0) is 29.8. The molecule has 0 spiro atoms. The number of fused-ring (bicyclic) bond motifs is 6. The van der Waals surface area contributed by atoms with Crippen LogP contribution >= 0.6 is 0 Å². The molecular weight excluding hydrogens is 542 g/mol. The van der Waals surface area contributed by atoms with E-state index in [-0.39, 0.29) is 23.9 Å². The van der Waals surface area contributed by atoms with Crippen molar-refractivity contribution in [2.75, 3.05) is 20.4 Å². The minimum atomic E-state index is -0.513. The minimum Gasteiger partial charge on any atom is -0.504 e.